The number of hydrogen-bond acceptors (Lipinski definition) is 2. The van der Waals surface area contributed by atoms with Crippen LogP contribution in [0.15, 0.2) is 48.5 Å². The summed E-state index contributed by atoms with van der Waals surface area (Å²) in [4.78, 5) is 26.2. The van der Waals surface area contributed by atoms with E-state index in [2.05, 4.69) is 17.6 Å². The van der Waals surface area contributed by atoms with Crippen LogP contribution in [0, 0.1) is 13.8 Å². The lowest BCUT2D eigenvalue weighted by molar-refractivity contribution is -0.885. The molecule has 0 fully saturated rings. The molecule has 0 saturated heterocycles. The van der Waals surface area contributed by atoms with Crippen LogP contribution in [0.4, 0.5) is 5.69 Å². The number of rotatable bonds is 9. The summed E-state index contributed by atoms with van der Waals surface area (Å²) >= 11 is 0. The molecule has 156 valence electrons. The number of benzene rings is 2. The summed E-state index contributed by atoms with van der Waals surface area (Å²) in [5, 5.41) is 6.16. The molecule has 1 unspecified atom stereocenters. The fourth-order valence-corrected chi connectivity index (χ4v) is 3.42. The molecular formula is C24H34N3O2+. The van der Waals surface area contributed by atoms with Gasteiger partial charge in [-0.05, 0) is 43.9 Å². The van der Waals surface area contributed by atoms with Crippen molar-refractivity contribution >= 4 is 17.5 Å². The van der Waals surface area contributed by atoms with E-state index in [1.807, 2.05) is 76.3 Å². The van der Waals surface area contributed by atoms with Crippen LogP contribution in [-0.4, -0.2) is 31.4 Å². The molecule has 0 aromatic heterocycles. The van der Waals surface area contributed by atoms with E-state index < -0.39 is 0 Å². The van der Waals surface area contributed by atoms with Crippen LogP contribution in [0.2, 0.25) is 0 Å². The molecule has 29 heavy (non-hydrogen) atoms. The highest BCUT2D eigenvalue weighted by Crippen LogP contribution is 2.19. The lowest BCUT2D eigenvalue weighted by atomic mass is 10.0. The zero-order valence-corrected chi connectivity index (χ0v) is 18.2. The van der Waals surface area contributed by atoms with Crippen molar-refractivity contribution in [3.63, 3.8) is 0 Å². The molecule has 0 aliphatic rings. The number of likely N-dealkylation sites (N-methyl/N-ethyl adjacent to an activating group) is 1. The van der Waals surface area contributed by atoms with Gasteiger partial charge in [0.15, 0.2) is 12.6 Å². The predicted molar refractivity (Wildman–Crippen MR) is 118 cm³/mol. The third kappa shape index (κ3) is 6.43. The summed E-state index contributed by atoms with van der Waals surface area (Å²) in [6.45, 7) is 8.16. The van der Waals surface area contributed by atoms with Crippen molar-refractivity contribution in [3.05, 3.63) is 65.2 Å². The first kappa shape index (κ1) is 22.6. The molecule has 2 amide bonds. The molecule has 0 heterocycles. The Labute approximate surface area is 174 Å². The van der Waals surface area contributed by atoms with Crippen molar-refractivity contribution < 1.29 is 14.5 Å². The van der Waals surface area contributed by atoms with Crippen molar-refractivity contribution in [2.75, 3.05) is 18.9 Å². The van der Waals surface area contributed by atoms with Gasteiger partial charge in [0.25, 0.3) is 11.8 Å². The molecule has 0 aliphatic heterocycles. The van der Waals surface area contributed by atoms with Gasteiger partial charge in [-0.2, -0.15) is 0 Å². The number of carbonyl (C=O) groups excluding carboxylic acids is 2. The van der Waals surface area contributed by atoms with E-state index in [0.717, 1.165) is 40.1 Å². The van der Waals surface area contributed by atoms with E-state index in [1.165, 1.54) is 0 Å². The van der Waals surface area contributed by atoms with Gasteiger partial charge < -0.3 is 15.5 Å². The molecule has 3 atom stereocenters. The minimum absolute atomic E-state index is 0.00704. The van der Waals surface area contributed by atoms with Crippen molar-refractivity contribution in [2.24, 2.45) is 0 Å². The largest absolute Gasteiger partial charge is 0.344 e. The minimum Gasteiger partial charge on any atom is -0.344 e. The van der Waals surface area contributed by atoms with Crippen LogP contribution in [-0.2, 0) is 9.59 Å². The highest BCUT2D eigenvalue weighted by Gasteiger charge is 2.26. The van der Waals surface area contributed by atoms with E-state index in [4.69, 9.17) is 0 Å². The maximum absolute atomic E-state index is 12.8. The number of quaternary nitrogens is 1. The van der Waals surface area contributed by atoms with Gasteiger partial charge in [0.1, 0.15) is 0 Å². The second-order valence-corrected chi connectivity index (χ2v) is 7.82. The van der Waals surface area contributed by atoms with Crippen molar-refractivity contribution in [1.29, 1.82) is 0 Å². The summed E-state index contributed by atoms with van der Waals surface area (Å²) in [5.74, 6) is -0.127. The van der Waals surface area contributed by atoms with Gasteiger partial charge in [0.2, 0.25) is 0 Å². The van der Waals surface area contributed by atoms with Gasteiger partial charge in [-0.1, -0.05) is 61.9 Å². The normalized spacial score (nSPS) is 14.0. The van der Waals surface area contributed by atoms with Crippen LogP contribution in [0.1, 0.15) is 49.4 Å². The van der Waals surface area contributed by atoms with Gasteiger partial charge in [-0.15, -0.1) is 0 Å². The summed E-state index contributed by atoms with van der Waals surface area (Å²) in [6, 6.07) is 15.6. The molecule has 2 aromatic rings. The Morgan fingerprint density at radius 1 is 1.00 bits per heavy atom. The number of anilines is 1. The lowest BCUT2D eigenvalue weighted by Gasteiger charge is -2.24. The first-order chi connectivity index (χ1) is 13.8. The van der Waals surface area contributed by atoms with Gasteiger partial charge in [0.05, 0.1) is 13.1 Å². The Bertz CT molecular complexity index is 800. The first-order valence-corrected chi connectivity index (χ1v) is 10.4. The van der Waals surface area contributed by atoms with Gasteiger partial charge in [0, 0.05) is 5.69 Å². The van der Waals surface area contributed by atoms with Crippen LogP contribution in [0.25, 0.3) is 0 Å². The molecule has 0 radical (unpaired) electrons. The number of carbonyl (C=O) groups is 2. The second-order valence-electron chi connectivity index (χ2n) is 7.82. The highest BCUT2D eigenvalue weighted by atomic mass is 16.2. The van der Waals surface area contributed by atoms with E-state index in [9.17, 15) is 9.59 Å². The molecule has 5 heteroatoms. The summed E-state index contributed by atoms with van der Waals surface area (Å²) in [6.07, 6.45) is 1.86. The Hall–Kier alpha value is -2.66. The molecule has 0 spiro atoms. The Balaban J connectivity index is 1.96. The number of amides is 2. The average Bonchev–Trinajstić information content (AvgIpc) is 2.70. The number of hydrogen-bond donors (Lipinski definition) is 3. The highest BCUT2D eigenvalue weighted by molar-refractivity contribution is 5.93. The zero-order valence-electron chi connectivity index (χ0n) is 18.2. The molecule has 0 aliphatic carbocycles. The van der Waals surface area contributed by atoms with Crippen LogP contribution >= 0.6 is 0 Å². The van der Waals surface area contributed by atoms with Crippen LogP contribution in [0.3, 0.4) is 0 Å². The quantitative estimate of drug-likeness (QED) is 0.610. The van der Waals surface area contributed by atoms with Crippen molar-refractivity contribution in [2.45, 2.75) is 52.6 Å². The van der Waals surface area contributed by atoms with Crippen LogP contribution in [0.5, 0.6) is 0 Å². The van der Waals surface area contributed by atoms with E-state index >= 15 is 0 Å². The number of nitrogens with one attached hydrogen (secondary N) is 3. The second kappa shape index (κ2) is 10.8. The molecule has 2 aromatic carbocycles. The maximum atomic E-state index is 12.8. The Morgan fingerprint density at radius 2 is 1.62 bits per heavy atom. The maximum Gasteiger partial charge on any atom is 0.279 e. The Morgan fingerprint density at radius 3 is 2.21 bits per heavy atom. The van der Waals surface area contributed by atoms with Crippen molar-refractivity contribution in [1.82, 2.24) is 5.32 Å². The molecule has 0 bridgehead atoms. The van der Waals surface area contributed by atoms with E-state index in [-0.39, 0.29) is 30.4 Å². The minimum atomic E-state index is -0.332. The van der Waals surface area contributed by atoms with Crippen molar-refractivity contribution in [3.8, 4) is 0 Å². The SMILES string of the molecule is CCC[C@@H](NC(=O)[C@H](C)[NH+](C)CC(=O)Nc1c(C)cccc1C)c1ccccc1. The average molecular weight is 397 g/mol. The number of aryl methyl sites for hydroxylation is 2. The summed E-state index contributed by atoms with van der Waals surface area (Å²) < 4.78 is 0. The summed E-state index contributed by atoms with van der Waals surface area (Å²) in [5.41, 5.74) is 4.04. The molecule has 2 rings (SSSR count). The fraction of sp³-hybridized carbons (Fsp3) is 0.417. The Kier molecular flexibility index (Phi) is 8.40. The smallest absolute Gasteiger partial charge is 0.279 e. The monoisotopic (exact) mass is 396 g/mol. The third-order valence-corrected chi connectivity index (χ3v) is 5.41. The lowest BCUT2D eigenvalue weighted by Crippen LogP contribution is -3.15. The molecular weight excluding hydrogens is 362 g/mol. The van der Waals surface area contributed by atoms with Gasteiger partial charge in [-0.3, -0.25) is 9.59 Å². The standard InChI is InChI=1S/C24H33N3O2/c1-6-11-21(20-14-8-7-9-15-20)25-24(29)19(4)27(5)16-22(28)26-23-17(2)12-10-13-18(23)3/h7-10,12-15,19,21H,6,11,16H2,1-5H3,(H,25,29)(H,26,28)/p+1/t19-,21+/m0/s1. The van der Waals surface area contributed by atoms with E-state index in [1.54, 1.807) is 0 Å². The molecule has 5 nitrogen and oxygen atoms in total. The van der Waals surface area contributed by atoms with E-state index in [0.29, 0.717) is 0 Å². The third-order valence-electron chi connectivity index (χ3n) is 5.41. The topological polar surface area (TPSA) is 62.6 Å². The zero-order chi connectivity index (χ0) is 21.4. The van der Waals surface area contributed by atoms with Crippen LogP contribution < -0.4 is 15.5 Å². The number of para-hydroxylation sites is 1. The van der Waals surface area contributed by atoms with Gasteiger partial charge in [-0.25, -0.2) is 0 Å². The predicted octanol–water partition coefficient (Wildman–Crippen LogP) is 2.80. The fourth-order valence-electron chi connectivity index (χ4n) is 3.42. The molecule has 3 N–H and O–H groups in total. The van der Waals surface area contributed by atoms with Gasteiger partial charge >= 0.3 is 0 Å². The summed E-state index contributed by atoms with van der Waals surface area (Å²) in [7, 11) is 1.88. The first-order valence-electron chi connectivity index (χ1n) is 10.4. The molecule has 0 saturated carbocycles.